The second kappa shape index (κ2) is 8.42. The van der Waals surface area contributed by atoms with Gasteiger partial charge in [0.25, 0.3) is 6.43 Å². The summed E-state index contributed by atoms with van der Waals surface area (Å²) in [5.41, 5.74) is 1.76. The van der Waals surface area contributed by atoms with E-state index in [0.717, 1.165) is 22.9 Å². The molecule has 2 heterocycles. The molecular weight excluding hydrogens is 346 g/mol. The zero-order chi connectivity index (χ0) is 19.4. The van der Waals surface area contributed by atoms with Crippen molar-refractivity contribution in [3.63, 3.8) is 0 Å². The van der Waals surface area contributed by atoms with Crippen molar-refractivity contribution in [1.29, 1.82) is 0 Å². The van der Waals surface area contributed by atoms with Crippen molar-refractivity contribution in [1.82, 2.24) is 9.97 Å². The number of hydrogen-bond donors (Lipinski definition) is 0. The molecule has 3 aromatic rings. The first-order valence-corrected chi connectivity index (χ1v) is 9.21. The second-order valence-corrected chi connectivity index (χ2v) is 7.30. The van der Waals surface area contributed by atoms with Crippen molar-refractivity contribution in [2.24, 2.45) is 11.8 Å². The van der Waals surface area contributed by atoms with Crippen LogP contribution in [0, 0.1) is 11.8 Å². The van der Waals surface area contributed by atoms with Gasteiger partial charge in [0.2, 0.25) is 0 Å². The van der Waals surface area contributed by atoms with Gasteiger partial charge < -0.3 is 4.74 Å². The van der Waals surface area contributed by atoms with Gasteiger partial charge >= 0.3 is 0 Å². The van der Waals surface area contributed by atoms with Crippen molar-refractivity contribution < 1.29 is 13.5 Å². The Bertz CT molecular complexity index is 906. The molecule has 5 heteroatoms. The van der Waals surface area contributed by atoms with Gasteiger partial charge in [-0.2, -0.15) is 0 Å². The average molecular weight is 370 g/mol. The summed E-state index contributed by atoms with van der Waals surface area (Å²) < 4.78 is 32.9. The highest BCUT2D eigenvalue weighted by atomic mass is 19.3. The summed E-state index contributed by atoms with van der Waals surface area (Å²) in [6.45, 7) is 6.73. The smallest absolute Gasteiger partial charge is 0.284 e. The Balaban J connectivity index is 1.91. The quantitative estimate of drug-likeness (QED) is 0.490. The number of fused-ring (bicyclic) bond motifs is 1. The van der Waals surface area contributed by atoms with Gasteiger partial charge in [-0.3, -0.25) is 4.98 Å². The number of hydrogen-bond acceptors (Lipinski definition) is 3. The van der Waals surface area contributed by atoms with Crippen molar-refractivity contribution >= 4 is 10.9 Å². The molecule has 1 aromatic carbocycles. The molecule has 0 N–H and O–H groups in total. The maximum atomic E-state index is 13.6. The monoisotopic (exact) mass is 370 g/mol. The average Bonchev–Trinajstić information content (AvgIpc) is 2.65. The third kappa shape index (κ3) is 4.59. The van der Waals surface area contributed by atoms with Crippen molar-refractivity contribution in [2.75, 3.05) is 6.61 Å². The highest BCUT2D eigenvalue weighted by Crippen LogP contribution is 2.33. The molecule has 0 amide bonds. The van der Waals surface area contributed by atoms with Crippen LogP contribution in [0.25, 0.3) is 22.2 Å². The molecule has 1 unspecified atom stereocenters. The Morgan fingerprint density at radius 3 is 2.52 bits per heavy atom. The lowest BCUT2D eigenvalue weighted by Crippen LogP contribution is -2.12. The van der Waals surface area contributed by atoms with E-state index in [1.165, 1.54) is 0 Å². The normalized spacial score (nSPS) is 12.7. The first kappa shape index (κ1) is 19.2. The summed E-state index contributed by atoms with van der Waals surface area (Å²) in [6, 6.07) is 12.7. The van der Waals surface area contributed by atoms with E-state index in [2.05, 4.69) is 30.7 Å². The lowest BCUT2D eigenvalue weighted by Gasteiger charge is -2.17. The summed E-state index contributed by atoms with van der Waals surface area (Å²) in [5, 5.41) is 0.881. The summed E-state index contributed by atoms with van der Waals surface area (Å²) in [5.74, 6) is 0.987. The fourth-order valence-electron chi connectivity index (χ4n) is 3.31. The van der Waals surface area contributed by atoms with Gasteiger partial charge in [0.1, 0.15) is 11.4 Å². The zero-order valence-corrected chi connectivity index (χ0v) is 15.8. The largest absolute Gasteiger partial charge is 0.491 e. The molecule has 3 rings (SSSR count). The maximum absolute atomic E-state index is 13.6. The number of ether oxygens (including phenoxy) is 1. The Labute approximate surface area is 158 Å². The van der Waals surface area contributed by atoms with Crippen LogP contribution in [0.1, 0.15) is 39.3 Å². The lowest BCUT2D eigenvalue weighted by atomic mass is 10.00. The van der Waals surface area contributed by atoms with E-state index in [9.17, 15) is 8.78 Å². The number of alkyl halides is 2. The van der Waals surface area contributed by atoms with Crippen LogP contribution in [-0.4, -0.2) is 16.6 Å². The molecule has 0 bridgehead atoms. The van der Waals surface area contributed by atoms with E-state index in [4.69, 9.17) is 4.74 Å². The molecule has 142 valence electrons. The van der Waals surface area contributed by atoms with Crippen LogP contribution in [0.2, 0.25) is 0 Å². The molecule has 1 atom stereocenters. The topological polar surface area (TPSA) is 35.0 Å². The Morgan fingerprint density at radius 1 is 1.00 bits per heavy atom. The van der Waals surface area contributed by atoms with Crippen LogP contribution in [0.4, 0.5) is 8.78 Å². The van der Waals surface area contributed by atoms with E-state index in [1.807, 2.05) is 24.3 Å². The molecular formula is C22H24F2N2O. The predicted molar refractivity (Wildman–Crippen MR) is 104 cm³/mol. The van der Waals surface area contributed by atoms with Crippen LogP contribution < -0.4 is 4.74 Å². The van der Waals surface area contributed by atoms with Gasteiger partial charge in [-0.15, -0.1) is 0 Å². The van der Waals surface area contributed by atoms with Gasteiger partial charge in [-0.1, -0.05) is 39.0 Å². The van der Waals surface area contributed by atoms with Crippen LogP contribution >= 0.6 is 0 Å². The SMILES string of the molecule is CC(C)CC(C)COc1ccc(-c2ccnc3ccccc23)nc1C(F)F. The van der Waals surface area contributed by atoms with Crippen molar-refractivity contribution in [3.05, 3.63) is 54.4 Å². The molecule has 0 saturated carbocycles. The van der Waals surface area contributed by atoms with E-state index in [0.29, 0.717) is 24.1 Å². The van der Waals surface area contributed by atoms with Gasteiger partial charge in [0.15, 0.2) is 0 Å². The maximum Gasteiger partial charge on any atom is 0.284 e. The molecule has 0 aliphatic heterocycles. The molecule has 3 nitrogen and oxygen atoms in total. The summed E-state index contributed by atoms with van der Waals surface area (Å²) in [6.07, 6.45) is -0.0498. The number of pyridine rings is 2. The summed E-state index contributed by atoms with van der Waals surface area (Å²) in [4.78, 5) is 8.54. The molecule has 0 aliphatic carbocycles. The Morgan fingerprint density at radius 2 is 1.78 bits per heavy atom. The van der Waals surface area contributed by atoms with Gasteiger partial charge in [-0.05, 0) is 42.5 Å². The molecule has 27 heavy (non-hydrogen) atoms. The molecule has 0 spiro atoms. The minimum atomic E-state index is -2.70. The molecule has 0 radical (unpaired) electrons. The van der Waals surface area contributed by atoms with Crippen LogP contribution in [0.15, 0.2) is 48.7 Å². The van der Waals surface area contributed by atoms with Gasteiger partial charge in [0.05, 0.1) is 17.8 Å². The summed E-state index contributed by atoms with van der Waals surface area (Å²) >= 11 is 0. The van der Waals surface area contributed by atoms with E-state index >= 15 is 0 Å². The van der Waals surface area contributed by atoms with Gasteiger partial charge in [0, 0.05) is 17.1 Å². The van der Waals surface area contributed by atoms with E-state index < -0.39 is 6.43 Å². The van der Waals surface area contributed by atoms with Crippen molar-refractivity contribution in [2.45, 2.75) is 33.6 Å². The third-order valence-electron chi connectivity index (χ3n) is 4.41. The fraction of sp³-hybridized carbons (Fsp3) is 0.364. The number of para-hydroxylation sites is 1. The first-order valence-electron chi connectivity index (χ1n) is 9.21. The number of benzene rings is 1. The number of rotatable bonds is 7. The van der Waals surface area contributed by atoms with E-state index in [1.54, 1.807) is 24.4 Å². The van der Waals surface area contributed by atoms with Gasteiger partial charge in [-0.25, -0.2) is 13.8 Å². The van der Waals surface area contributed by atoms with Crippen LogP contribution in [-0.2, 0) is 0 Å². The highest BCUT2D eigenvalue weighted by molar-refractivity contribution is 5.93. The second-order valence-electron chi connectivity index (χ2n) is 7.30. The number of halogens is 2. The van der Waals surface area contributed by atoms with Crippen LogP contribution in [0.5, 0.6) is 5.75 Å². The molecule has 0 aliphatic rings. The van der Waals surface area contributed by atoms with E-state index in [-0.39, 0.29) is 11.4 Å². The van der Waals surface area contributed by atoms with Crippen LogP contribution in [0.3, 0.4) is 0 Å². The lowest BCUT2D eigenvalue weighted by molar-refractivity contribution is 0.137. The number of nitrogens with zero attached hydrogens (tertiary/aromatic N) is 2. The Hall–Kier alpha value is -2.56. The molecule has 0 saturated heterocycles. The molecule has 0 fully saturated rings. The minimum Gasteiger partial charge on any atom is -0.491 e. The number of aromatic nitrogens is 2. The minimum absolute atomic E-state index is 0.155. The standard InChI is InChI=1S/C22H24F2N2O/c1-14(2)12-15(3)13-27-20-9-8-19(26-21(20)22(23)24)17-10-11-25-18-7-5-4-6-16(17)18/h4-11,14-15,22H,12-13H2,1-3H3. The zero-order valence-electron chi connectivity index (χ0n) is 15.8. The summed E-state index contributed by atoms with van der Waals surface area (Å²) in [7, 11) is 0. The first-order chi connectivity index (χ1) is 13.0. The third-order valence-corrected chi connectivity index (χ3v) is 4.41. The predicted octanol–water partition coefficient (Wildman–Crippen LogP) is 6.30. The fourth-order valence-corrected chi connectivity index (χ4v) is 3.31. The highest BCUT2D eigenvalue weighted by Gasteiger charge is 2.19. The molecule has 2 aromatic heterocycles. The Kier molecular flexibility index (Phi) is 5.99. The van der Waals surface area contributed by atoms with Crippen molar-refractivity contribution in [3.8, 4) is 17.0 Å².